The van der Waals surface area contributed by atoms with Gasteiger partial charge >= 0.3 is 0 Å². The van der Waals surface area contributed by atoms with Gasteiger partial charge in [0, 0.05) is 25.3 Å². The summed E-state index contributed by atoms with van der Waals surface area (Å²) in [5.74, 6) is -0.999. The summed E-state index contributed by atoms with van der Waals surface area (Å²) in [6.07, 6.45) is 0.696. The molecule has 0 fully saturated rings. The molecule has 2 rings (SSSR count). The van der Waals surface area contributed by atoms with Gasteiger partial charge in [0.2, 0.25) is 17.7 Å². The fourth-order valence-electron chi connectivity index (χ4n) is 3.24. The van der Waals surface area contributed by atoms with E-state index in [9.17, 15) is 14.4 Å². The van der Waals surface area contributed by atoms with Crippen LogP contribution in [0.15, 0.2) is 18.2 Å². The third kappa shape index (κ3) is 5.68. The van der Waals surface area contributed by atoms with E-state index >= 15 is 0 Å². The van der Waals surface area contributed by atoms with Gasteiger partial charge in [0.25, 0.3) is 0 Å². The molecule has 1 aliphatic heterocycles. The van der Waals surface area contributed by atoms with Gasteiger partial charge in [0.15, 0.2) is 0 Å². The predicted molar refractivity (Wildman–Crippen MR) is 98.0 cm³/mol. The largest absolute Gasteiger partial charge is 0.497 e. The molecular formula is C19H27N3O5. The van der Waals surface area contributed by atoms with Crippen LogP contribution in [0.25, 0.3) is 0 Å². The Labute approximate surface area is 158 Å². The number of rotatable bonds is 7. The maximum absolute atomic E-state index is 12.7. The molecule has 27 heavy (non-hydrogen) atoms. The van der Waals surface area contributed by atoms with E-state index in [1.807, 2.05) is 32.0 Å². The summed E-state index contributed by atoms with van der Waals surface area (Å²) in [4.78, 5) is 36.6. The number of nitrogens with one attached hydrogen (secondary N) is 3. The van der Waals surface area contributed by atoms with Gasteiger partial charge in [-0.15, -0.1) is 0 Å². The van der Waals surface area contributed by atoms with Crippen LogP contribution in [-0.2, 0) is 27.3 Å². The van der Waals surface area contributed by atoms with Gasteiger partial charge < -0.3 is 15.4 Å². The first-order valence-corrected chi connectivity index (χ1v) is 9.00. The third-order valence-corrected chi connectivity index (χ3v) is 4.61. The standard InChI is InChI=1S/C19H27N3O5/c1-11(2)6-13(9-17(23)22-26)18(24)21-16-8-12-4-5-15(27-3)7-14(12)10-20-19(16)25/h4-5,7,11,13,16,26H,6,8-10H2,1-3H3,(H,20,25)(H,21,24)(H,22,23)/t13?,16-/m0/s1. The topological polar surface area (TPSA) is 117 Å². The quantitative estimate of drug-likeness (QED) is 0.416. The Morgan fingerprint density at radius 3 is 2.70 bits per heavy atom. The van der Waals surface area contributed by atoms with Gasteiger partial charge in [-0.25, -0.2) is 5.48 Å². The molecule has 0 saturated carbocycles. The van der Waals surface area contributed by atoms with Crippen LogP contribution >= 0.6 is 0 Å². The van der Waals surface area contributed by atoms with Gasteiger partial charge in [-0.05, 0) is 35.6 Å². The Morgan fingerprint density at radius 2 is 2.07 bits per heavy atom. The van der Waals surface area contributed by atoms with Crippen molar-refractivity contribution in [3.05, 3.63) is 29.3 Å². The van der Waals surface area contributed by atoms with Crippen LogP contribution in [0.5, 0.6) is 5.75 Å². The van der Waals surface area contributed by atoms with Gasteiger partial charge in [0.1, 0.15) is 11.8 Å². The Hall–Kier alpha value is -2.61. The van der Waals surface area contributed by atoms with Crippen LogP contribution in [0.4, 0.5) is 0 Å². The van der Waals surface area contributed by atoms with Crippen molar-refractivity contribution in [2.24, 2.45) is 11.8 Å². The van der Waals surface area contributed by atoms with Crippen LogP contribution < -0.4 is 20.9 Å². The van der Waals surface area contributed by atoms with E-state index in [0.29, 0.717) is 25.1 Å². The summed E-state index contributed by atoms with van der Waals surface area (Å²) in [5.41, 5.74) is 3.45. The highest BCUT2D eigenvalue weighted by Gasteiger charge is 2.29. The van der Waals surface area contributed by atoms with E-state index in [4.69, 9.17) is 9.94 Å². The number of carbonyl (C=O) groups excluding carboxylic acids is 3. The zero-order valence-corrected chi connectivity index (χ0v) is 15.9. The lowest BCUT2D eigenvalue weighted by molar-refractivity contribution is -0.136. The van der Waals surface area contributed by atoms with E-state index in [0.717, 1.165) is 11.1 Å². The molecule has 1 heterocycles. The number of methoxy groups -OCH3 is 1. The summed E-state index contributed by atoms with van der Waals surface area (Å²) >= 11 is 0. The molecule has 8 nitrogen and oxygen atoms in total. The second-order valence-corrected chi connectivity index (χ2v) is 7.18. The number of hydroxylamine groups is 1. The first-order valence-electron chi connectivity index (χ1n) is 9.00. The lowest BCUT2D eigenvalue weighted by atomic mass is 9.92. The predicted octanol–water partition coefficient (Wildman–Crippen LogP) is 0.910. The van der Waals surface area contributed by atoms with Crippen LogP contribution in [0.1, 0.15) is 37.8 Å². The lowest BCUT2D eigenvalue weighted by Gasteiger charge is -2.22. The van der Waals surface area contributed by atoms with E-state index in [1.54, 1.807) is 12.6 Å². The van der Waals surface area contributed by atoms with Crippen molar-refractivity contribution in [2.45, 2.75) is 45.7 Å². The summed E-state index contributed by atoms with van der Waals surface area (Å²) in [7, 11) is 1.58. The minimum Gasteiger partial charge on any atom is -0.497 e. The maximum Gasteiger partial charge on any atom is 0.244 e. The van der Waals surface area contributed by atoms with E-state index in [1.165, 1.54) is 0 Å². The molecule has 4 N–H and O–H groups in total. The van der Waals surface area contributed by atoms with Crippen molar-refractivity contribution < 1.29 is 24.3 Å². The molecule has 1 aromatic carbocycles. The minimum atomic E-state index is -0.723. The van der Waals surface area contributed by atoms with Crippen LogP contribution in [-0.4, -0.2) is 36.1 Å². The smallest absolute Gasteiger partial charge is 0.244 e. The van der Waals surface area contributed by atoms with Crippen LogP contribution in [0.2, 0.25) is 0 Å². The van der Waals surface area contributed by atoms with Crippen molar-refractivity contribution >= 4 is 17.7 Å². The van der Waals surface area contributed by atoms with Crippen molar-refractivity contribution in [3.8, 4) is 5.75 Å². The molecule has 1 unspecified atom stereocenters. The number of amides is 3. The van der Waals surface area contributed by atoms with E-state index < -0.39 is 17.9 Å². The number of fused-ring (bicyclic) bond motifs is 1. The molecule has 8 heteroatoms. The van der Waals surface area contributed by atoms with E-state index in [-0.39, 0.29) is 24.2 Å². The van der Waals surface area contributed by atoms with Crippen LogP contribution in [0, 0.1) is 11.8 Å². The zero-order chi connectivity index (χ0) is 20.0. The SMILES string of the molecule is COc1ccc2c(c1)CNC(=O)[C@@H](NC(=O)C(CC(=O)NO)CC(C)C)C2. The molecule has 0 spiro atoms. The molecule has 0 saturated heterocycles. The van der Waals surface area contributed by atoms with Crippen LogP contribution in [0.3, 0.4) is 0 Å². The number of hydrogen-bond donors (Lipinski definition) is 4. The Balaban J connectivity index is 2.13. The monoisotopic (exact) mass is 377 g/mol. The van der Waals surface area contributed by atoms with Gasteiger partial charge in [-0.1, -0.05) is 19.9 Å². The molecule has 148 valence electrons. The Kier molecular flexibility index (Phi) is 7.18. The van der Waals surface area contributed by atoms with Crippen molar-refractivity contribution in [2.75, 3.05) is 7.11 Å². The number of benzene rings is 1. The summed E-state index contributed by atoms with van der Waals surface area (Å²) in [5, 5.41) is 14.3. The molecule has 3 amide bonds. The highest BCUT2D eigenvalue weighted by atomic mass is 16.5. The van der Waals surface area contributed by atoms with E-state index in [2.05, 4.69) is 10.6 Å². The van der Waals surface area contributed by atoms with Gasteiger partial charge in [-0.2, -0.15) is 0 Å². The second kappa shape index (κ2) is 9.36. The van der Waals surface area contributed by atoms with Crippen molar-refractivity contribution in [1.82, 2.24) is 16.1 Å². The summed E-state index contributed by atoms with van der Waals surface area (Å²) in [6.45, 7) is 4.25. The molecule has 0 radical (unpaired) electrons. The van der Waals surface area contributed by atoms with Gasteiger partial charge in [-0.3, -0.25) is 19.6 Å². The van der Waals surface area contributed by atoms with Gasteiger partial charge in [0.05, 0.1) is 7.11 Å². The fraction of sp³-hybridized carbons (Fsp3) is 0.526. The Morgan fingerprint density at radius 1 is 1.33 bits per heavy atom. The maximum atomic E-state index is 12.7. The number of hydrogen-bond acceptors (Lipinski definition) is 5. The minimum absolute atomic E-state index is 0.136. The normalized spacial score (nSPS) is 17.4. The first-order chi connectivity index (χ1) is 12.8. The average molecular weight is 377 g/mol. The summed E-state index contributed by atoms with van der Waals surface area (Å²) in [6, 6.07) is 4.85. The third-order valence-electron chi connectivity index (χ3n) is 4.61. The lowest BCUT2D eigenvalue weighted by Crippen LogP contribution is -2.49. The number of ether oxygens (including phenoxy) is 1. The molecular weight excluding hydrogens is 350 g/mol. The molecule has 2 atom stereocenters. The average Bonchev–Trinajstić information content (AvgIpc) is 2.79. The Bertz CT molecular complexity index is 705. The molecule has 0 aliphatic carbocycles. The first kappa shape index (κ1) is 20.7. The van der Waals surface area contributed by atoms with Crippen molar-refractivity contribution in [3.63, 3.8) is 0 Å². The number of carbonyl (C=O) groups is 3. The molecule has 0 aromatic heterocycles. The van der Waals surface area contributed by atoms with Crippen molar-refractivity contribution in [1.29, 1.82) is 0 Å². The highest BCUT2D eigenvalue weighted by molar-refractivity contribution is 5.91. The molecule has 1 aliphatic rings. The second-order valence-electron chi connectivity index (χ2n) is 7.18. The molecule has 1 aromatic rings. The summed E-state index contributed by atoms with van der Waals surface area (Å²) < 4.78 is 5.21. The zero-order valence-electron chi connectivity index (χ0n) is 15.9. The molecule has 0 bridgehead atoms. The fourth-order valence-corrected chi connectivity index (χ4v) is 3.24. The highest BCUT2D eigenvalue weighted by Crippen LogP contribution is 2.22.